The fraction of sp³-hybridized carbons (Fsp3) is 0.538. The molecule has 0 radical (unpaired) electrons. The predicted octanol–water partition coefficient (Wildman–Crippen LogP) is 3.24. The lowest BCUT2D eigenvalue weighted by Gasteiger charge is -2.28. The van der Waals surface area contributed by atoms with Crippen LogP contribution < -0.4 is 4.90 Å². The van der Waals surface area contributed by atoms with Crippen molar-refractivity contribution in [2.24, 2.45) is 0 Å². The van der Waals surface area contributed by atoms with Gasteiger partial charge in [-0.25, -0.2) is 0 Å². The molecule has 0 N–H and O–H groups in total. The van der Waals surface area contributed by atoms with Gasteiger partial charge < -0.3 is 4.90 Å². The normalized spacial score (nSPS) is 14.9. The van der Waals surface area contributed by atoms with E-state index in [0.29, 0.717) is 0 Å². The number of hydrogen-bond donors (Lipinski definition) is 0. The molecular weight excluding hydrogens is 170 g/mol. The van der Waals surface area contributed by atoms with Gasteiger partial charge in [0.25, 0.3) is 0 Å². The van der Waals surface area contributed by atoms with E-state index in [9.17, 15) is 0 Å². The van der Waals surface area contributed by atoms with Crippen LogP contribution in [0.15, 0.2) is 24.3 Å². The van der Waals surface area contributed by atoms with Crippen molar-refractivity contribution in [3.8, 4) is 0 Å². The average Bonchev–Trinajstić information content (AvgIpc) is 2.65. The summed E-state index contributed by atoms with van der Waals surface area (Å²) in [5, 5.41) is 0. The largest absolute Gasteiger partial charge is 0.368 e. The van der Waals surface area contributed by atoms with E-state index in [1.165, 1.54) is 37.1 Å². The lowest BCUT2D eigenvalue weighted by atomic mass is 10.1. The molecule has 1 aromatic carbocycles. The summed E-state index contributed by atoms with van der Waals surface area (Å²) in [5.41, 5.74) is 3.00. The molecule has 0 unspecified atom stereocenters. The van der Waals surface area contributed by atoms with Crippen LogP contribution in [0.3, 0.4) is 0 Å². The lowest BCUT2D eigenvalue weighted by Crippen LogP contribution is -2.32. The SMILES string of the molecule is CCC(CC)N1CCc2ccccc21. The van der Waals surface area contributed by atoms with Crippen LogP contribution in [-0.2, 0) is 6.42 Å². The van der Waals surface area contributed by atoms with Gasteiger partial charge in [0.05, 0.1) is 0 Å². The summed E-state index contributed by atoms with van der Waals surface area (Å²) in [7, 11) is 0. The number of rotatable bonds is 3. The minimum atomic E-state index is 0.735. The molecule has 1 heteroatoms. The third-order valence-electron chi connectivity index (χ3n) is 3.31. The third-order valence-corrected chi connectivity index (χ3v) is 3.31. The Morgan fingerprint density at radius 3 is 2.64 bits per heavy atom. The summed E-state index contributed by atoms with van der Waals surface area (Å²) in [6.07, 6.45) is 3.74. The summed E-state index contributed by atoms with van der Waals surface area (Å²) >= 11 is 0. The Morgan fingerprint density at radius 2 is 1.93 bits per heavy atom. The maximum atomic E-state index is 2.58. The first-order valence-electron chi connectivity index (χ1n) is 5.71. The number of benzene rings is 1. The van der Waals surface area contributed by atoms with Crippen LogP contribution in [0.25, 0.3) is 0 Å². The zero-order valence-corrected chi connectivity index (χ0v) is 9.16. The quantitative estimate of drug-likeness (QED) is 0.705. The van der Waals surface area contributed by atoms with Crippen molar-refractivity contribution in [1.29, 1.82) is 0 Å². The second-order valence-corrected chi connectivity index (χ2v) is 4.04. The molecule has 0 spiro atoms. The number of anilines is 1. The van der Waals surface area contributed by atoms with Crippen molar-refractivity contribution in [2.75, 3.05) is 11.4 Å². The smallest absolute Gasteiger partial charge is 0.0402 e. The molecule has 1 aromatic rings. The highest BCUT2D eigenvalue weighted by Crippen LogP contribution is 2.30. The molecule has 1 heterocycles. The van der Waals surface area contributed by atoms with Crippen LogP contribution >= 0.6 is 0 Å². The molecule has 14 heavy (non-hydrogen) atoms. The van der Waals surface area contributed by atoms with Gasteiger partial charge in [-0.3, -0.25) is 0 Å². The van der Waals surface area contributed by atoms with Crippen molar-refractivity contribution in [2.45, 2.75) is 39.2 Å². The zero-order valence-electron chi connectivity index (χ0n) is 9.16. The van der Waals surface area contributed by atoms with Gasteiger partial charge >= 0.3 is 0 Å². The minimum Gasteiger partial charge on any atom is -0.368 e. The minimum absolute atomic E-state index is 0.735. The molecule has 0 fully saturated rings. The fourth-order valence-electron chi connectivity index (χ4n) is 2.47. The highest BCUT2D eigenvalue weighted by atomic mass is 15.2. The van der Waals surface area contributed by atoms with E-state index in [1.54, 1.807) is 0 Å². The Morgan fingerprint density at radius 1 is 1.21 bits per heavy atom. The maximum absolute atomic E-state index is 2.58. The highest BCUT2D eigenvalue weighted by Gasteiger charge is 2.22. The summed E-state index contributed by atoms with van der Waals surface area (Å²) in [6, 6.07) is 9.56. The van der Waals surface area contributed by atoms with Crippen molar-refractivity contribution >= 4 is 5.69 Å². The summed E-state index contributed by atoms with van der Waals surface area (Å²) in [5.74, 6) is 0. The van der Waals surface area contributed by atoms with E-state index in [4.69, 9.17) is 0 Å². The van der Waals surface area contributed by atoms with Crippen molar-refractivity contribution < 1.29 is 0 Å². The van der Waals surface area contributed by atoms with Gasteiger partial charge in [0.15, 0.2) is 0 Å². The first-order valence-corrected chi connectivity index (χ1v) is 5.71. The highest BCUT2D eigenvalue weighted by molar-refractivity contribution is 5.58. The zero-order chi connectivity index (χ0) is 9.97. The second kappa shape index (κ2) is 4.04. The monoisotopic (exact) mass is 189 g/mol. The average molecular weight is 189 g/mol. The molecular formula is C13H19N. The van der Waals surface area contributed by atoms with E-state index >= 15 is 0 Å². The first kappa shape index (κ1) is 9.57. The van der Waals surface area contributed by atoms with Gasteiger partial charge in [-0.05, 0) is 30.9 Å². The number of fused-ring (bicyclic) bond motifs is 1. The molecule has 0 atom stereocenters. The molecule has 1 aliphatic rings. The van der Waals surface area contributed by atoms with Crippen LogP contribution in [0, 0.1) is 0 Å². The Balaban J connectivity index is 2.25. The Bertz CT molecular complexity index is 302. The van der Waals surface area contributed by atoms with Gasteiger partial charge in [-0.1, -0.05) is 32.0 Å². The Hall–Kier alpha value is -0.980. The molecule has 0 aromatic heterocycles. The summed E-state index contributed by atoms with van der Waals surface area (Å²) in [6.45, 7) is 5.79. The van der Waals surface area contributed by atoms with Gasteiger partial charge in [0.1, 0.15) is 0 Å². The first-order chi connectivity index (χ1) is 6.86. The Labute approximate surface area is 86.7 Å². The fourth-order valence-corrected chi connectivity index (χ4v) is 2.47. The number of para-hydroxylation sites is 1. The van der Waals surface area contributed by atoms with E-state index in [1.807, 2.05) is 0 Å². The van der Waals surface area contributed by atoms with Crippen LogP contribution in [-0.4, -0.2) is 12.6 Å². The molecule has 0 bridgehead atoms. The van der Waals surface area contributed by atoms with E-state index in [2.05, 4.69) is 43.0 Å². The molecule has 1 nitrogen and oxygen atoms in total. The van der Waals surface area contributed by atoms with Crippen molar-refractivity contribution in [3.05, 3.63) is 29.8 Å². The van der Waals surface area contributed by atoms with Crippen LogP contribution in [0.5, 0.6) is 0 Å². The molecule has 2 rings (SSSR count). The summed E-state index contributed by atoms with van der Waals surface area (Å²) < 4.78 is 0. The maximum Gasteiger partial charge on any atom is 0.0402 e. The topological polar surface area (TPSA) is 3.24 Å². The molecule has 76 valence electrons. The molecule has 1 aliphatic heterocycles. The van der Waals surface area contributed by atoms with Crippen molar-refractivity contribution in [3.63, 3.8) is 0 Å². The summed E-state index contributed by atoms with van der Waals surface area (Å²) in [4.78, 5) is 2.58. The van der Waals surface area contributed by atoms with Gasteiger partial charge in [-0.2, -0.15) is 0 Å². The van der Waals surface area contributed by atoms with E-state index in [-0.39, 0.29) is 0 Å². The van der Waals surface area contributed by atoms with Crippen LogP contribution in [0.2, 0.25) is 0 Å². The second-order valence-electron chi connectivity index (χ2n) is 4.04. The van der Waals surface area contributed by atoms with Gasteiger partial charge in [0, 0.05) is 18.3 Å². The number of nitrogens with zero attached hydrogens (tertiary/aromatic N) is 1. The third kappa shape index (κ3) is 1.52. The van der Waals surface area contributed by atoms with Crippen LogP contribution in [0.1, 0.15) is 32.3 Å². The van der Waals surface area contributed by atoms with E-state index < -0.39 is 0 Å². The van der Waals surface area contributed by atoms with Gasteiger partial charge in [0.2, 0.25) is 0 Å². The molecule has 0 amide bonds. The van der Waals surface area contributed by atoms with E-state index in [0.717, 1.165) is 6.04 Å². The standard InChI is InChI=1S/C13H19N/c1-3-12(4-2)14-10-9-11-7-5-6-8-13(11)14/h5-8,12H,3-4,9-10H2,1-2H3. The van der Waals surface area contributed by atoms with Crippen LogP contribution in [0.4, 0.5) is 5.69 Å². The van der Waals surface area contributed by atoms with Crippen molar-refractivity contribution in [1.82, 2.24) is 0 Å². The molecule has 0 saturated heterocycles. The number of hydrogen-bond acceptors (Lipinski definition) is 1. The van der Waals surface area contributed by atoms with Gasteiger partial charge in [-0.15, -0.1) is 0 Å². The Kier molecular flexibility index (Phi) is 2.76. The predicted molar refractivity (Wildman–Crippen MR) is 61.9 cm³/mol. The molecule has 0 saturated carbocycles. The molecule has 0 aliphatic carbocycles. The lowest BCUT2D eigenvalue weighted by molar-refractivity contribution is 0.571.